The van der Waals surface area contributed by atoms with Gasteiger partial charge in [0.1, 0.15) is 0 Å². The fourth-order valence-corrected chi connectivity index (χ4v) is 3.61. The van der Waals surface area contributed by atoms with Crippen LogP contribution in [0.1, 0.15) is 52.9 Å². The highest BCUT2D eigenvalue weighted by molar-refractivity contribution is 8.13. The Hall–Kier alpha value is -0.810. The lowest BCUT2D eigenvalue weighted by atomic mass is 10.1. The van der Waals surface area contributed by atoms with E-state index in [2.05, 4.69) is 6.92 Å². The van der Waals surface area contributed by atoms with Crippen molar-refractivity contribution in [2.45, 2.75) is 76.1 Å². The van der Waals surface area contributed by atoms with Gasteiger partial charge in [-0.2, -0.15) is 39.5 Å². The Balaban J connectivity index is 0. The Morgan fingerprint density at radius 3 is 1.48 bits per heavy atom. The van der Waals surface area contributed by atoms with E-state index in [0.717, 1.165) is 36.2 Å². The third-order valence-electron chi connectivity index (χ3n) is 3.68. The predicted octanol–water partition coefficient (Wildman–Crippen LogP) is 5.29. The third kappa shape index (κ3) is 13.4. The van der Waals surface area contributed by atoms with Crippen LogP contribution in [0.25, 0.3) is 4.13 Å². The summed E-state index contributed by atoms with van der Waals surface area (Å²) in [6.07, 6.45) is 0.816. The number of unbranched alkanes of at least 4 members (excludes halogenated alkanes) is 3. The Labute approximate surface area is 175 Å². The maximum absolute atomic E-state index is 12.3. The van der Waals surface area contributed by atoms with Gasteiger partial charge >= 0.3 is 17.2 Å². The monoisotopic (exact) mass is 519 g/mol. The molecule has 0 heterocycles. The van der Waals surface area contributed by atoms with Gasteiger partial charge in [-0.3, -0.25) is 4.90 Å². The molecule has 17 heteroatoms. The molecule has 0 fully saturated rings. The molecule has 0 saturated heterocycles. The summed E-state index contributed by atoms with van der Waals surface area (Å²) in [5, 5.41) is 0. The van der Waals surface area contributed by atoms with Gasteiger partial charge in [0.15, 0.2) is 20.0 Å². The first-order chi connectivity index (χ1) is 13.6. The Kier molecular flexibility index (Phi) is 13.0. The second-order valence-electron chi connectivity index (χ2n) is 6.32. The SMILES string of the molecule is CCCCCCN(CC(F)(F)F)C(C)CC.O=S(=O)([N-]S(=O)(=O)C(F)(F)F)C(F)(F)F. The molecule has 0 spiro atoms. The van der Waals surface area contributed by atoms with Gasteiger partial charge in [-0.25, -0.2) is 16.8 Å². The summed E-state index contributed by atoms with van der Waals surface area (Å²) in [6.45, 7) is 5.69. The van der Waals surface area contributed by atoms with Crippen LogP contribution in [0.4, 0.5) is 39.5 Å². The van der Waals surface area contributed by atoms with Gasteiger partial charge in [-0.15, -0.1) is 0 Å². The minimum absolute atomic E-state index is 0.0169. The Morgan fingerprint density at radius 2 is 1.19 bits per heavy atom. The van der Waals surface area contributed by atoms with Gasteiger partial charge in [0.2, 0.25) is 0 Å². The van der Waals surface area contributed by atoms with E-state index < -0.39 is 43.8 Å². The highest BCUT2D eigenvalue weighted by Crippen LogP contribution is 2.36. The zero-order valence-corrected chi connectivity index (χ0v) is 18.4. The molecule has 0 aromatic carbocycles. The second-order valence-corrected chi connectivity index (χ2v) is 9.74. The van der Waals surface area contributed by atoms with Crippen LogP contribution >= 0.6 is 0 Å². The Bertz CT molecular complexity index is 676. The number of nitrogens with zero attached hydrogens (tertiary/aromatic N) is 2. The van der Waals surface area contributed by atoms with E-state index in [1.54, 1.807) is 4.90 Å². The smallest absolute Gasteiger partial charge is 0.421 e. The highest BCUT2D eigenvalue weighted by Gasteiger charge is 2.46. The van der Waals surface area contributed by atoms with Gasteiger partial charge in [-0.05, 0) is 26.3 Å². The summed E-state index contributed by atoms with van der Waals surface area (Å²) < 4.78 is 146. The largest absolute Gasteiger partial charge is 0.480 e. The van der Waals surface area contributed by atoms with Crippen LogP contribution < -0.4 is 0 Å². The Morgan fingerprint density at radius 1 is 0.774 bits per heavy atom. The predicted molar refractivity (Wildman–Crippen MR) is 94.8 cm³/mol. The summed E-state index contributed by atoms with van der Waals surface area (Å²) in [5.41, 5.74) is -12.4. The average Bonchev–Trinajstić information content (AvgIpc) is 2.53. The van der Waals surface area contributed by atoms with Crippen LogP contribution in [0.2, 0.25) is 0 Å². The highest BCUT2D eigenvalue weighted by atomic mass is 32.3. The van der Waals surface area contributed by atoms with Gasteiger partial charge in [0, 0.05) is 6.04 Å². The van der Waals surface area contributed by atoms with Crippen molar-refractivity contribution in [3.8, 4) is 0 Å². The van der Waals surface area contributed by atoms with Crippen LogP contribution in [-0.2, 0) is 20.0 Å². The van der Waals surface area contributed by atoms with Crippen LogP contribution in [0.15, 0.2) is 0 Å². The van der Waals surface area contributed by atoms with Crippen molar-refractivity contribution in [1.29, 1.82) is 0 Å². The summed E-state index contributed by atoms with van der Waals surface area (Å²) in [6, 6.07) is 0.0169. The lowest BCUT2D eigenvalue weighted by molar-refractivity contribution is -0.150. The molecule has 0 saturated carbocycles. The van der Waals surface area contributed by atoms with Crippen LogP contribution in [0.3, 0.4) is 0 Å². The van der Waals surface area contributed by atoms with Gasteiger partial charge in [0.05, 0.1) is 6.54 Å². The molecule has 190 valence electrons. The summed E-state index contributed by atoms with van der Waals surface area (Å²) >= 11 is 0. The van der Waals surface area contributed by atoms with Crippen molar-refractivity contribution in [3.05, 3.63) is 4.13 Å². The maximum atomic E-state index is 12.3. The van der Waals surface area contributed by atoms with Crippen LogP contribution in [0.5, 0.6) is 0 Å². The molecule has 31 heavy (non-hydrogen) atoms. The molecule has 0 rings (SSSR count). The van der Waals surface area contributed by atoms with Crippen molar-refractivity contribution in [2.75, 3.05) is 13.1 Å². The van der Waals surface area contributed by atoms with E-state index >= 15 is 0 Å². The van der Waals surface area contributed by atoms with Gasteiger partial charge in [-0.1, -0.05) is 33.1 Å². The van der Waals surface area contributed by atoms with Crippen molar-refractivity contribution in [1.82, 2.24) is 4.90 Å². The normalized spacial score (nSPS) is 14.9. The molecule has 0 radical (unpaired) electrons. The summed E-state index contributed by atoms with van der Waals surface area (Å²) in [4.78, 5) is 1.55. The number of alkyl halides is 9. The summed E-state index contributed by atoms with van der Waals surface area (Å²) in [5.74, 6) is 0. The lowest BCUT2D eigenvalue weighted by Crippen LogP contribution is -2.40. The fraction of sp³-hybridized carbons (Fsp3) is 1.00. The minimum Gasteiger partial charge on any atom is -0.421 e. The van der Waals surface area contributed by atoms with E-state index in [0.29, 0.717) is 6.54 Å². The van der Waals surface area contributed by atoms with E-state index in [4.69, 9.17) is 0 Å². The minimum atomic E-state index is -6.72. The van der Waals surface area contributed by atoms with Crippen LogP contribution in [-0.4, -0.2) is 58.1 Å². The van der Waals surface area contributed by atoms with E-state index in [1.807, 2.05) is 13.8 Å². The molecule has 0 aliphatic heterocycles. The molecular weight excluding hydrogens is 495 g/mol. The number of sulfonamides is 2. The topological polar surface area (TPSA) is 85.6 Å². The molecular formula is C14H24F9N2O4S2-. The molecule has 1 atom stereocenters. The second kappa shape index (κ2) is 12.4. The standard InChI is InChI=1S/C12H24F3N.C2F6NO4S2/c1-4-6-7-8-9-16(11(3)5-2)10-12(13,14)15;3-1(4,5)14(10,11)9-15(12,13)2(6,7)8/h11H,4-10H2,1-3H3;/q;-1. The number of rotatable bonds is 10. The van der Waals surface area contributed by atoms with Crippen molar-refractivity contribution >= 4 is 20.0 Å². The third-order valence-corrected chi connectivity index (χ3v) is 6.42. The maximum Gasteiger partial charge on any atom is 0.480 e. The fourth-order valence-electron chi connectivity index (χ4n) is 1.90. The zero-order valence-electron chi connectivity index (χ0n) is 16.8. The number of hydrogen-bond acceptors (Lipinski definition) is 5. The lowest BCUT2D eigenvalue weighted by Gasteiger charge is -2.29. The zero-order chi connectivity index (χ0) is 25.3. The average molecular weight is 519 g/mol. The van der Waals surface area contributed by atoms with Crippen LogP contribution in [0, 0.1) is 0 Å². The number of hydrogen-bond donors (Lipinski definition) is 0. The molecule has 6 nitrogen and oxygen atoms in total. The molecule has 0 amide bonds. The molecule has 0 N–H and O–H groups in total. The van der Waals surface area contributed by atoms with Crippen molar-refractivity contribution < 1.29 is 56.3 Å². The molecule has 0 aromatic heterocycles. The first kappa shape index (κ1) is 32.4. The van der Waals surface area contributed by atoms with E-state index in [1.165, 1.54) is 0 Å². The quantitative estimate of drug-likeness (QED) is 0.289. The van der Waals surface area contributed by atoms with Gasteiger partial charge < -0.3 is 4.13 Å². The first-order valence-corrected chi connectivity index (χ1v) is 11.7. The van der Waals surface area contributed by atoms with E-state index in [9.17, 15) is 56.3 Å². The molecule has 0 aromatic rings. The van der Waals surface area contributed by atoms with Crippen molar-refractivity contribution in [2.24, 2.45) is 0 Å². The van der Waals surface area contributed by atoms with E-state index in [-0.39, 0.29) is 6.04 Å². The first-order valence-electron chi connectivity index (χ1n) is 8.78. The van der Waals surface area contributed by atoms with Gasteiger partial charge in [0.25, 0.3) is 0 Å². The molecule has 0 aliphatic carbocycles. The van der Waals surface area contributed by atoms with Crippen molar-refractivity contribution in [3.63, 3.8) is 0 Å². The number of halogens is 9. The molecule has 0 bridgehead atoms. The molecule has 0 aliphatic rings. The summed E-state index contributed by atoms with van der Waals surface area (Å²) in [7, 11) is -13.4. The molecule has 1 unspecified atom stereocenters.